The van der Waals surface area contributed by atoms with E-state index in [4.69, 9.17) is 0 Å². The molecule has 0 aliphatic carbocycles. The predicted octanol–water partition coefficient (Wildman–Crippen LogP) is 3.82. The molecule has 0 unspecified atom stereocenters. The second kappa shape index (κ2) is 5.30. The van der Waals surface area contributed by atoms with Gasteiger partial charge in [-0.25, -0.2) is 0 Å². The van der Waals surface area contributed by atoms with Crippen molar-refractivity contribution in [3.8, 4) is 0 Å². The maximum absolute atomic E-state index is 4.68. The van der Waals surface area contributed by atoms with Crippen LogP contribution >= 0.6 is 0 Å². The Kier molecular flexibility index (Phi) is 3.52. The molecule has 1 aliphatic rings. The molecule has 1 aromatic heterocycles. The van der Waals surface area contributed by atoms with Crippen LogP contribution in [0.5, 0.6) is 0 Å². The summed E-state index contributed by atoms with van der Waals surface area (Å²) < 4.78 is 0. The molecule has 2 heteroatoms. The number of nitrogens with zero attached hydrogens (tertiary/aromatic N) is 2. The minimum absolute atomic E-state index is 0.626. The van der Waals surface area contributed by atoms with E-state index in [1.807, 2.05) is 6.20 Å². The lowest BCUT2D eigenvalue weighted by molar-refractivity contribution is 0.171. The topological polar surface area (TPSA) is 16.1 Å². The number of aromatic nitrogens is 1. The van der Waals surface area contributed by atoms with Gasteiger partial charge in [0.25, 0.3) is 0 Å². The van der Waals surface area contributed by atoms with Gasteiger partial charge in [0, 0.05) is 23.5 Å². The summed E-state index contributed by atoms with van der Waals surface area (Å²) in [6.07, 6.45) is 4.44. The van der Waals surface area contributed by atoms with Crippen LogP contribution in [0.4, 0.5) is 0 Å². The number of fused-ring (bicyclic) bond motifs is 1. The van der Waals surface area contributed by atoms with Crippen LogP contribution in [0, 0.1) is 0 Å². The van der Waals surface area contributed by atoms with Crippen molar-refractivity contribution in [2.75, 3.05) is 13.1 Å². The Morgan fingerprint density at radius 3 is 2.58 bits per heavy atom. The van der Waals surface area contributed by atoms with Gasteiger partial charge in [-0.3, -0.25) is 4.98 Å². The van der Waals surface area contributed by atoms with Crippen molar-refractivity contribution in [3.63, 3.8) is 0 Å². The number of hydrogen-bond donors (Lipinski definition) is 0. The van der Waals surface area contributed by atoms with Gasteiger partial charge in [-0.05, 0) is 51.2 Å². The average Bonchev–Trinajstić information content (AvgIpc) is 2.47. The second-order valence-electron chi connectivity index (χ2n) is 5.82. The molecule has 1 aromatic carbocycles. The van der Waals surface area contributed by atoms with Crippen molar-refractivity contribution in [3.05, 3.63) is 42.2 Å². The Bertz CT molecular complexity index is 549. The van der Waals surface area contributed by atoms with Crippen LogP contribution in [0.3, 0.4) is 0 Å². The lowest BCUT2D eigenvalue weighted by Gasteiger charge is -2.34. The number of pyridine rings is 1. The Labute approximate surface area is 115 Å². The van der Waals surface area contributed by atoms with E-state index in [1.54, 1.807) is 0 Å². The zero-order chi connectivity index (χ0) is 13.2. The van der Waals surface area contributed by atoms with Gasteiger partial charge in [0.15, 0.2) is 0 Å². The van der Waals surface area contributed by atoms with Crippen molar-refractivity contribution in [2.45, 2.75) is 38.6 Å². The Morgan fingerprint density at radius 1 is 1.11 bits per heavy atom. The highest BCUT2D eigenvalue weighted by Gasteiger charge is 2.23. The normalized spacial score (nSPS) is 18.3. The predicted molar refractivity (Wildman–Crippen MR) is 80.4 cm³/mol. The molecule has 0 atom stereocenters. The van der Waals surface area contributed by atoms with Gasteiger partial charge < -0.3 is 4.90 Å². The monoisotopic (exact) mass is 254 g/mol. The maximum Gasteiger partial charge on any atom is 0.0513 e. The van der Waals surface area contributed by atoms with Crippen LogP contribution < -0.4 is 0 Å². The second-order valence-corrected chi connectivity index (χ2v) is 5.82. The van der Waals surface area contributed by atoms with Gasteiger partial charge in [0.2, 0.25) is 0 Å². The van der Waals surface area contributed by atoms with E-state index in [-0.39, 0.29) is 0 Å². The van der Waals surface area contributed by atoms with Crippen LogP contribution in [0.25, 0.3) is 10.8 Å². The molecule has 19 heavy (non-hydrogen) atoms. The van der Waals surface area contributed by atoms with Gasteiger partial charge in [-0.15, -0.1) is 0 Å². The third-order valence-corrected chi connectivity index (χ3v) is 4.35. The summed E-state index contributed by atoms with van der Waals surface area (Å²) in [5, 5.41) is 2.66. The third kappa shape index (κ3) is 2.50. The standard InChI is InChI=1S/C17H22N2/c1-13(2)19-11-8-15(9-12-19)17-16-6-4-3-5-14(16)7-10-18-17/h3-7,10,13,15H,8-9,11-12H2,1-2H3. The van der Waals surface area contributed by atoms with E-state index >= 15 is 0 Å². The molecule has 1 fully saturated rings. The number of hydrogen-bond acceptors (Lipinski definition) is 2. The molecule has 0 bridgehead atoms. The number of likely N-dealkylation sites (tertiary alicyclic amines) is 1. The van der Waals surface area contributed by atoms with Crippen LogP contribution in [-0.4, -0.2) is 29.0 Å². The zero-order valence-corrected chi connectivity index (χ0v) is 11.8. The lowest BCUT2D eigenvalue weighted by Crippen LogP contribution is -2.38. The van der Waals surface area contributed by atoms with Crippen molar-refractivity contribution < 1.29 is 0 Å². The first-order valence-corrected chi connectivity index (χ1v) is 7.33. The van der Waals surface area contributed by atoms with Crippen molar-refractivity contribution in [1.82, 2.24) is 9.88 Å². The van der Waals surface area contributed by atoms with Crippen LogP contribution in [0.1, 0.15) is 38.3 Å². The number of benzene rings is 1. The van der Waals surface area contributed by atoms with E-state index in [0.717, 1.165) is 0 Å². The van der Waals surface area contributed by atoms with E-state index < -0.39 is 0 Å². The molecule has 2 nitrogen and oxygen atoms in total. The smallest absolute Gasteiger partial charge is 0.0513 e. The SMILES string of the molecule is CC(C)N1CCC(c2nccc3ccccc23)CC1. The van der Waals surface area contributed by atoms with Gasteiger partial charge in [-0.2, -0.15) is 0 Å². The molecule has 2 aromatic rings. The van der Waals surface area contributed by atoms with Crippen molar-refractivity contribution >= 4 is 10.8 Å². The van der Waals surface area contributed by atoms with Crippen LogP contribution in [0.2, 0.25) is 0 Å². The summed E-state index contributed by atoms with van der Waals surface area (Å²) in [7, 11) is 0. The Morgan fingerprint density at radius 2 is 1.84 bits per heavy atom. The highest BCUT2D eigenvalue weighted by atomic mass is 15.1. The fourth-order valence-electron chi connectivity index (χ4n) is 3.16. The fraction of sp³-hybridized carbons (Fsp3) is 0.471. The van der Waals surface area contributed by atoms with Crippen LogP contribution in [-0.2, 0) is 0 Å². The molecule has 0 saturated carbocycles. The summed E-state index contributed by atoms with van der Waals surface area (Å²) in [6, 6.07) is 11.4. The van der Waals surface area contributed by atoms with Crippen molar-refractivity contribution in [2.24, 2.45) is 0 Å². The van der Waals surface area contributed by atoms with E-state index in [2.05, 4.69) is 54.1 Å². The molecular formula is C17H22N2. The summed E-state index contributed by atoms with van der Waals surface area (Å²) >= 11 is 0. The van der Waals surface area contributed by atoms with Crippen LogP contribution in [0.15, 0.2) is 36.5 Å². The minimum Gasteiger partial charge on any atom is -0.301 e. The Hall–Kier alpha value is -1.41. The minimum atomic E-state index is 0.626. The summed E-state index contributed by atoms with van der Waals surface area (Å²) in [5.74, 6) is 0.626. The molecule has 0 amide bonds. The molecule has 100 valence electrons. The third-order valence-electron chi connectivity index (χ3n) is 4.35. The lowest BCUT2D eigenvalue weighted by atomic mass is 9.90. The molecular weight excluding hydrogens is 232 g/mol. The van der Waals surface area contributed by atoms with Gasteiger partial charge in [0.05, 0.1) is 5.69 Å². The quantitative estimate of drug-likeness (QED) is 0.810. The highest BCUT2D eigenvalue weighted by Crippen LogP contribution is 2.31. The molecule has 2 heterocycles. The molecule has 0 N–H and O–H groups in total. The highest BCUT2D eigenvalue weighted by molar-refractivity contribution is 5.84. The molecule has 0 spiro atoms. The maximum atomic E-state index is 4.68. The molecule has 0 radical (unpaired) electrons. The first-order valence-electron chi connectivity index (χ1n) is 7.33. The summed E-state index contributed by atoms with van der Waals surface area (Å²) in [5.41, 5.74) is 1.31. The fourth-order valence-corrected chi connectivity index (χ4v) is 3.16. The van der Waals surface area contributed by atoms with E-state index in [0.29, 0.717) is 12.0 Å². The van der Waals surface area contributed by atoms with E-state index in [1.165, 1.54) is 42.4 Å². The van der Waals surface area contributed by atoms with Crippen molar-refractivity contribution in [1.29, 1.82) is 0 Å². The molecule has 1 aliphatic heterocycles. The average molecular weight is 254 g/mol. The number of rotatable bonds is 2. The zero-order valence-electron chi connectivity index (χ0n) is 11.8. The number of piperidine rings is 1. The Balaban J connectivity index is 1.86. The summed E-state index contributed by atoms with van der Waals surface area (Å²) in [6.45, 7) is 6.98. The van der Waals surface area contributed by atoms with Gasteiger partial charge in [0.1, 0.15) is 0 Å². The van der Waals surface area contributed by atoms with Gasteiger partial charge >= 0.3 is 0 Å². The summed E-state index contributed by atoms with van der Waals surface area (Å²) in [4.78, 5) is 7.25. The van der Waals surface area contributed by atoms with E-state index in [9.17, 15) is 0 Å². The molecule has 3 rings (SSSR count). The first-order chi connectivity index (χ1) is 9.25. The largest absolute Gasteiger partial charge is 0.301 e. The first kappa shape index (κ1) is 12.6. The molecule has 1 saturated heterocycles. The van der Waals surface area contributed by atoms with Gasteiger partial charge in [-0.1, -0.05) is 24.3 Å².